The molecule has 54 valence electrons. The lowest BCUT2D eigenvalue weighted by molar-refractivity contribution is -0.297. The molecule has 0 bridgehead atoms. The van der Waals surface area contributed by atoms with Crippen molar-refractivity contribution in [1.29, 1.82) is 0 Å². The fraction of sp³-hybridized carbons (Fsp3) is 0. The van der Waals surface area contributed by atoms with Crippen molar-refractivity contribution in [3.8, 4) is 0 Å². The Kier molecular flexibility index (Phi) is 2.99. The Morgan fingerprint density at radius 2 is 1.80 bits per heavy atom. The smallest absolute Gasteiger partial charge is 0.239 e. The summed E-state index contributed by atoms with van der Waals surface area (Å²) in [6.45, 7) is 0. The van der Waals surface area contributed by atoms with Crippen LogP contribution < -0.4 is 18.1 Å². The molecule has 0 saturated carbocycles. The van der Waals surface area contributed by atoms with Gasteiger partial charge in [0, 0.05) is 0 Å². The van der Waals surface area contributed by atoms with Crippen molar-refractivity contribution in [3.63, 3.8) is 0 Å². The Morgan fingerprint density at radius 1 is 1.20 bits per heavy atom. The third kappa shape index (κ3) is 1.79. The first kappa shape index (κ1) is 9.07. The molecule has 0 unspecified atom stereocenters. The van der Waals surface area contributed by atoms with Crippen molar-refractivity contribution in [3.05, 3.63) is 23.9 Å². The van der Waals surface area contributed by atoms with Gasteiger partial charge in [0.2, 0.25) is 5.78 Å². The van der Waals surface area contributed by atoms with E-state index < -0.39 is 0 Å². The maximum absolute atomic E-state index is 10.6. The number of allylic oxidation sites excluding steroid dienone is 3. The Bertz CT molecular complexity index is 230. The van der Waals surface area contributed by atoms with Crippen molar-refractivity contribution in [1.82, 2.24) is 0 Å². The number of carbonyl (C=O) groups is 2. The molecule has 0 heterocycles. The van der Waals surface area contributed by atoms with Crippen LogP contribution in [0.5, 0.6) is 0 Å². The average molecular weight is 160 g/mol. The van der Waals surface area contributed by atoms with E-state index in [9.17, 15) is 9.59 Å². The molecule has 1 aliphatic rings. The number of rotatable bonds is 0. The number of hydrogen-bond donors (Lipinski definition) is 1. The van der Waals surface area contributed by atoms with Gasteiger partial charge in [0.1, 0.15) is 0 Å². The highest BCUT2D eigenvalue weighted by Gasteiger charge is 2.11. The molecular weight excluding hydrogens is 154 g/mol. The van der Waals surface area contributed by atoms with E-state index in [1.54, 1.807) is 0 Å². The van der Waals surface area contributed by atoms with E-state index in [4.69, 9.17) is 0 Å². The fourth-order valence-electron chi connectivity index (χ4n) is 0.556. The summed E-state index contributed by atoms with van der Waals surface area (Å²) in [6.07, 6.45) is 3.68. The van der Waals surface area contributed by atoms with Crippen molar-refractivity contribution in [2.75, 3.05) is 0 Å². The van der Waals surface area contributed by atoms with E-state index in [2.05, 4.69) is 5.73 Å². The molecule has 0 aliphatic heterocycles. The predicted molar refractivity (Wildman–Crippen MR) is 30.1 cm³/mol. The van der Waals surface area contributed by atoms with Gasteiger partial charge in [-0.1, -0.05) is 0 Å². The Hall–Kier alpha value is -0.930. The van der Waals surface area contributed by atoms with Crippen LogP contribution in [0.3, 0.4) is 0 Å². The van der Waals surface area contributed by atoms with Crippen LogP contribution in [0.15, 0.2) is 23.9 Å². The van der Waals surface area contributed by atoms with E-state index in [0.29, 0.717) is 0 Å². The topological polar surface area (TPSA) is 61.8 Å². The summed E-state index contributed by atoms with van der Waals surface area (Å²) in [7, 11) is 0. The van der Waals surface area contributed by atoms with Gasteiger partial charge < -0.3 is 18.1 Å². The van der Waals surface area contributed by atoms with Crippen molar-refractivity contribution in [2.24, 2.45) is 0 Å². The van der Waals surface area contributed by atoms with Crippen LogP contribution in [0.25, 0.3) is 0 Å². The largest absolute Gasteiger partial charge is 1.00 e. The highest BCUT2D eigenvalue weighted by molar-refractivity contribution is 6.15. The first-order chi connectivity index (χ1) is 4.20. The van der Waals surface area contributed by atoms with Gasteiger partial charge >= 0.3 is 0 Å². The van der Waals surface area contributed by atoms with Crippen LogP contribution in [0.2, 0.25) is 0 Å². The molecule has 0 amide bonds. The zero-order valence-corrected chi connectivity index (χ0v) is 5.89. The summed E-state index contributed by atoms with van der Waals surface area (Å²) in [5.74, 6) is -0.353. The van der Waals surface area contributed by atoms with E-state index in [-0.39, 0.29) is 29.7 Å². The van der Waals surface area contributed by atoms with E-state index in [0.717, 1.165) is 0 Å². The van der Waals surface area contributed by atoms with E-state index in [1.807, 2.05) is 0 Å². The predicted octanol–water partition coefficient (Wildman–Crippen LogP) is -4.18. The molecule has 0 aromatic carbocycles. The minimum atomic E-state index is -0.186. The normalized spacial score (nSPS) is 16.3. The van der Waals surface area contributed by atoms with Gasteiger partial charge in [-0.15, -0.1) is 0 Å². The maximum atomic E-state index is 10.6. The Labute approximate surface area is 64.0 Å². The minimum Gasteiger partial charge on any atom is -1.00 e. The molecule has 0 aromatic rings. The lowest BCUT2D eigenvalue weighted by Crippen LogP contribution is -3.00. The van der Waals surface area contributed by atoms with Crippen LogP contribution in [-0.2, 0) is 9.59 Å². The van der Waals surface area contributed by atoms with E-state index >= 15 is 0 Å². The molecule has 0 radical (unpaired) electrons. The molecule has 1 rings (SSSR count). The zero-order chi connectivity index (χ0) is 6.85. The number of halogens is 1. The second-order valence-corrected chi connectivity index (χ2v) is 1.77. The van der Waals surface area contributed by atoms with Crippen LogP contribution >= 0.6 is 0 Å². The first-order valence-electron chi connectivity index (χ1n) is 2.50. The average Bonchev–Trinajstić information content (AvgIpc) is 1.80. The standard InChI is InChI=1S/C6H5NO2.ClH/c7-5-3-4(8)1-2-6(5)9;/h1-3H,7H2;1H. The molecule has 3 nitrogen and oxygen atoms in total. The lowest BCUT2D eigenvalue weighted by Gasteiger charge is -1.93. The first-order valence-corrected chi connectivity index (χ1v) is 2.50. The monoisotopic (exact) mass is 159 g/mol. The fourth-order valence-corrected chi connectivity index (χ4v) is 0.556. The molecule has 3 N–H and O–H groups in total. The van der Waals surface area contributed by atoms with Gasteiger partial charge in [0.25, 0.3) is 0 Å². The molecular formula is C6H6ClNO2. The third-order valence-corrected chi connectivity index (χ3v) is 1.03. The van der Waals surface area contributed by atoms with Crippen molar-refractivity contribution in [2.45, 2.75) is 0 Å². The highest BCUT2D eigenvalue weighted by atomic mass is 35.5. The van der Waals surface area contributed by atoms with Crippen LogP contribution in [0, 0.1) is 0 Å². The maximum Gasteiger partial charge on any atom is 0.239 e. The van der Waals surface area contributed by atoms with Gasteiger partial charge in [-0.3, -0.25) is 9.59 Å². The van der Waals surface area contributed by atoms with Crippen LogP contribution in [0.1, 0.15) is 0 Å². The molecule has 1 aliphatic carbocycles. The summed E-state index contributed by atoms with van der Waals surface area (Å²) in [5, 5.41) is 0. The van der Waals surface area contributed by atoms with E-state index in [1.165, 1.54) is 18.2 Å². The second kappa shape index (κ2) is 3.29. The molecule has 0 aromatic heterocycles. The highest BCUT2D eigenvalue weighted by Crippen LogP contribution is 1.95. The van der Waals surface area contributed by atoms with Gasteiger partial charge in [0.05, 0.1) is 6.08 Å². The zero-order valence-electron chi connectivity index (χ0n) is 5.13. The quantitative estimate of drug-likeness (QED) is 0.365. The van der Waals surface area contributed by atoms with Crippen molar-refractivity contribution < 1.29 is 27.7 Å². The summed E-state index contributed by atoms with van der Waals surface area (Å²) in [6, 6.07) is 0. The van der Waals surface area contributed by atoms with Gasteiger partial charge in [0.15, 0.2) is 11.5 Å². The summed E-state index contributed by atoms with van der Waals surface area (Å²) in [5.41, 5.74) is 3.63. The molecule has 0 fully saturated rings. The number of quaternary nitrogens is 1. The van der Waals surface area contributed by atoms with Crippen LogP contribution in [-0.4, -0.2) is 11.6 Å². The molecule has 0 spiro atoms. The molecule has 0 saturated heterocycles. The van der Waals surface area contributed by atoms with Gasteiger partial charge in [-0.25, -0.2) is 0 Å². The second-order valence-electron chi connectivity index (χ2n) is 1.77. The van der Waals surface area contributed by atoms with Crippen LogP contribution in [0.4, 0.5) is 0 Å². The summed E-state index contributed by atoms with van der Waals surface area (Å²) < 4.78 is 0. The summed E-state index contributed by atoms with van der Waals surface area (Å²) in [4.78, 5) is 21.0. The molecule has 4 heteroatoms. The van der Waals surface area contributed by atoms with Gasteiger partial charge in [-0.2, -0.15) is 0 Å². The minimum absolute atomic E-state index is 0. The Balaban J connectivity index is 0.000000810. The Morgan fingerprint density at radius 3 is 2.20 bits per heavy atom. The van der Waals surface area contributed by atoms with Crippen molar-refractivity contribution >= 4 is 11.6 Å². The number of ketones is 2. The summed E-state index contributed by atoms with van der Waals surface area (Å²) >= 11 is 0. The third-order valence-electron chi connectivity index (χ3n) is 1.03. The van der Waals surface area contributed by atoms with Gasteiger partial charge in [-0.05, 0) is 12.2 Å². The lowest BCUT2D eigenvalue weighted by atomic mass is 10.1. The number of hydrogen-bond acceptors (Lipinski definition) is 2. The number of carbonyl (C=O) groups excluding carboxylic acids is 2. The molecule has 10 heavy (non-hydrogen) atoms. The SMILES string of the molecule is [Cl-].[NH3+]C1=CC(=O)C=CC1=O. The molecule has 0 atom stereocenters.